The van der Waals surface area contributed by atoms with Gasteiger partial charge in [0.15, 0.2) is 0 Å². The molecular weight excluding hydrogens is 324 g/mol. The van der Waals surface area contributed by atoms with Crippen molar-refractivity contribution in [3.63, 3.8) is 0 Å². The van der Waals surface area contributed by atoms with Crippen molar-refractivity contribution >= 4 is 16.8 Å². The number of fused-ring (bicyclic) bond motifs is 1. The van der Waals surface area contributed by atoms with E-state index in [1.165, 1.54) is 38.5 Å². The maximum Gasteiger partial charge on any atom is 0.267 e. The van der Waals surface area contributed by atoms with E-state index in [9.17, 15) is 4.79 Å². The lowest BCUT2D eigenvalue weighted by Crippen LogP contribution is -2.55. The highest BCUT2D eigenvalue weighted by molar-refractivity contribution is 5.98. The van der Waals surface area contributed by atoms with Crippen LogP contribution < -0.4 is 10.1 Å². The van der Waals surface area contributed by atoms with E-state index < -0.39 is 0 Å². The average Bonchev–Trinajstić information content (AvgIpc) is 3.03. The largest absolute Gasteiger partial charge is 0.497 e. The Morgan fingerprint density at radius 3 is 2.42 bits per heavy atom. The number of carbonyl (C=O) groups excluding carboxylic acids is 1. The van der Waals surface area contributed by atoms with Crippen molar-refractivity contribution < 1.29 is 9.53 Å². The zero-order valence-corrected chi connectivity index (χ0v) is 15.7. The Kier molecular flexibility index (Phi) is 3.60. The van der Waals surface area contributed by atoms with E-state index in [1.54, 1.807) is 7.11 Å². The molecule has 4 heteroatoms. The Morgan fingerprint density at radius 1 is 1.15 bits per heavy atom. The molecule has 1 amide bonds. The summed E-state index contributed by atoms with van der Waals surface area (Å²) in [6, 6.07) is 8.01. The summed E-state index contributed by atoms with van der Waals surface area (Å²) in [5.41, 5.74) is 1.95. The molecule has 2 aromatic rings. The van der Waals surface area contributed by atoms with Crippen LogP contribution >= 0.6 is 0 Å². The summed E-state index contributed by atoms with van der Waals surface area (Å²) < 4.78 is 5.28. The first-order valence-electron chi connectivity index (χ1n) is 10.0. The van der Waals surface area contributed by atoms with Gasteiger partial charge in [0.25, 0.3) is 5.91 Å². The van der Waals surface area contributed by atoms with Crippen molar-refractivity contribution in [2.75, 3.05) is 7.11 Å². The number of hydrogen-bond donors (Lipinski definition) is 2. The molecule has 0 radical (unpaired) electrons. The van der Waals surface area contributed by atoms with Crippen LogP contribution in [0, 0.1) is 23.2 Å². The van der Waals surface area contributed by atoms with E-state index in [0.717, 1.165) is 34.4 Å². The zero-order chi connectivity index (χ0) is 17.9. The standard InChI is InChI=1S/C22H28N2O2/c1-13(22-10-14-5-15(11-22)7-16(6-14)12-22)23-21(25)20-9-17-8-18(26-2)3-4-19(17)24-20/h3-4,8-9,13-16,24H,5-7,10-12H2,1-2H3,(H,23,25). The number of ether oxygens (including phenoxy) is 1. The van der Waals surface area contributed by atoms with Gasteiger partial charge in [-0.05, 0) is 92.9 Å². The second kappa shape index (κ2) is 5.77. The lowest BCUT2D eigenvalue weighted by atomic mass is 9.48. The van der Waals surface area contributed by atoms with Gasteiger partial charge in [-0.3, -0.25) is 4.79 Å². The summed E-state index contributed by atoms with van der Waals surface area (Å²) in [7, 11) is 1.66. The molecule has 4 aliphatic carbocycles. The minimum atomic E-state index is 0.0170. The van der Waals surface area contributed by atoms with Crippen molar-refractivity contribution in [3.8, 4) is 5.75 Å². The van der Waals surface area contributed by atoms with Crippen LogP contribution in [0.25, 0.3) is 10.9 Å². The molecular formula is C22H28N2O2. The predicted octanol–water partition coefficient (Wildman–Crippen LogP) is 4.51. The second-order valence-electron chi connectivity index (χ2n) is 9.11. The van der Waals surface area contributed by atoms with Crippen molar-refractivity contribution in [1.29, 1.82) is 0 Å². The quantitative estimate of drug-likeness (QED) is 0.850. The topological polar surface area (TPSA) is 54.1 Å². The SMILES string of the molecule is COc1ccc2[nH]c(C(=O)NC(C)C34CC5CC(CC(C5)C3)C4)cc2c1. The van der Waals surface area contributed by atoms with Crippen LogP contribution in [0.2, 0.25) is 0 Å². The van der Waals surface area contributed by atoms with Gasteiger partial charge >= 0.3 is 0 Å². The molecule has 0 aliphatic heterocycles. The molecule has 4 aliphatic rings. The van der Waals surface area contributed by atoms with Gasteiger partial charge in [0.2, 0.25) is 0 Å². The molecule has 4 fully saturated rings. The number of carbonyl (C=O) groups is 1. The molecule has 2 N–H and O–H groups in total. The first-order valence-corrected chi connectivity index (χ1v) is 10.0. The molecule has 4 saturated carbocycles. The Hall–Kier alpha value is -1.97. The fraction of sp³-hybridized carbons (Fsp3) is 0.591. The fourth-order valence-electron chi connectivity index (χ4n) is 6.50. The molecule has 1 atom stereocenters. The minimum Gasteiger partial charge on any atom is -0.497 e. The van der Waals surface area contributed by atoms with E-state index in [4.69, 9.17) is 4.74 Å². The van der Waals surface area contributed by atoms with E-state index in [1.807, 2.05) is 24.3 Å². The number of aromatic amines is 1. The Morgan fingerprint density at radius 2 is 1.81 bits per heavy atom. The van der Waals surface area contributed by atoms with Gasteiger partial charge in [0.1, 0.15) is 11.4 Å². The summed E-state index contributed by atoms with van der Waals surface area (Å²) in [6.45, 7) is 2.23. The van der Waals surface area contributed by atoms with E-state index >= 15 is 0 Å². The summed E-state index contributed by atoms with van der Waals surface area (Å²) in [6.07, 6.45) is 8.23. The highest BCUT2D eigenvalue weighted by Gasteiger charge is 2.53. The molecule has 0 saturated heterocycles. The zero-order valence-electron chi connectivity index (χ0n) is 15.7. The van der Waals surface area contributed by atoms with Crippen molar-refractivity contribution in [1.82, 2.24) is 10.3 Å². The second-order valence-corrected chi connectivity index (χ2v) is 9.11. The molecule has 1 aromatic heterocycles. The van der Waals surface area contributed by atoms with Crippen LogP contribution in [0.1, 0.15) is 55.9 Å². The van der Waals surface area contributed by atoms with Crippen molar-refractivity contribution in [2.24, 2.45) is 23.2 Å². The molecule has 4 nitrogen and oxygen atoms in total. The van der Waals surface area contributed by atoms with Gasteiger partial charge in [0, 0.05) is 16.9 Å². The van der Waals surface area contributed by atoms with Crippen LogP contribution in [-0.2, 0) is 0 Å². The third-order valence-corrected chi connectivity index (χ3v) is 7.42. The fourth-order valence-corrected chi connectivity index (χ4v) is 6.50. The molecule has 26 heavy (non-hydrogen) atoms. The summed E-state index contributed by atoms with van der Waals surface area (Å²) in [5, 5.41) is 4.35. The molecule has 6 rings (SSSR count). The van der Waals surface area contributed by atoms with Crippen LogP contribution in [0.15, 0.2) is 24.3 Å². The van der Waals surface area contributed by atoms with Gasteiger partial charge in [-0.15, -0.1) is 0 Å². The van der Waals surface area contributed by atoms with Crippen LogP contribution in [0.3, 0.4) is 0 Å². The third kappa shape index (κ3) is 2.53. The predicted molar refractivity (Wildman–Crippen MR) is 102 cm³/mol. The molecule has 0 spiro atoms. The normalized spacial score (nSPS) is 33.4. The number of benzene rings is 1. The Bertz CT molecular complexity index is 818. The first-order chi connectivity index (χ1) is 12.5. The number of nitrogens with one attached hydrogen (secondary N) is 2. The Labute approximate surface area is 154 Å². The molecule has 1 heterocycles. The van der Waals surface area contributed by atoms with E-state index in [0.29, 0.717) is 11.1 Å². The van der Waals surface area contributed by atoms with Gasteiger partial charge in [0.05, 0.1) is 7.11 Å². The summed E-state index contributed by atoms with van der Waals surface area (Å²) in [5.74, 6) is 3.54. The Balaban J connectivity index is 1.35. The first kappa shape index (κ1) is 16.2. The van der Waals surface area contributed by atoms with Crippen LogP contribution in [0.5, 0.6) is 5.75 Å². The maximum absolute atomic E-state index is 12.9. The number of aromatic nitrogens is 1. The van der Waals surface area contributed by atoms with E-state index in [-0.39, 0.29) is 11.9 Å². The lowest BCUT2D eigenvalue weighted by Gasteiger charge is -2.59. The van der Waals surface area contributed by atoms with Gasteiger partial charge in [-0.1, -0.05) is 0 Å². The average molecular weight is 352 g/mol. The molecule has 1 aromatic carbocycles. The highest BCUT2D eigenvalue weighted by Crippen LogP contribution is 2.61. The number of H-pyrrole nitrogens is 1. The lowest BCUT2D eigenvalue weighted by molar-refractivity contribution is -0.0688. The maximum atomic E-state index is 12.9. The van der Waals surface area contributed by atoms with Crippen LogP contribution in [0.4, 0.5) is 0 Å². The van der Waals surface area contributed by atoms with E-state index in [2.05, 4.69) is 17.2 Å². The smallest absolute Gasteiger partial charge is 0.267 e. The minimum absolute atomic E-state index is 0.0170. The number of rotatable bonds is 4. The summed E-state index contributed by atoms with van der Waals surface area (Å²) in [4.78, 5) is 16.2. The highest BCUT2D eigenvalue weighted by atomic mass is 16.5. The molecule has 1 unspecified atom stereocenters. The van der Waals surface area contributed by atoms with Crippen molar-refractivity contribution in [3.05, 3.63) is 30.0 Å². The number of methoxy groups -OCH3 is 1. The molecule has 4 bridgehead atoms. The van der Waals surface area contributed by atoms with Gasteiger partial charge in [-0.2, -0.15) is 0 Å². The monoisotopic (exact) mass is 352 g/mol. The van der Waals surface area contributed by atoms with Crippen molar-refractivity contribution in [2.45, 2.75) is 51.5 Å². The number of amides is 1. The van der Waals surface area contributed by atoms with Crippen LogP contribution in [-0.4, -0.2) is 24.0 Å². The molecule has 138 valence electrons. The third-order valence-electron chi connectivity index (χ3n) is 7.42. The summed E-state index contributed by atoms with van der Waals surface area (Å²) >= 11 is 0. The van der Waals surface area contributed by atoms with Gasteiger partial charge < -0.3 is 15.0 Å². The van der Waals surface area contributed by atoms with Gasteiger partial charge in [-0.25, -0.2) is 0 Å². The number of hydrogen-bond acceptors (Lipinski definition) is 2.